The molecule has 22 heavy (non-hydrogen) atoms. The third-order valence-electron chi connectivity index (χ3n) is 4.01. The van der Waals surface area contributed by atoms with Crippen molar-refractivity contribution in [3.8, 4) is 5.75 Å². The van der Waals surface area contributed by atoms with Gasteiger partial charge in [-0.05, 0) is 19.0 Å². The molecular formula is C16H22N2O4. The van der Waals surface area contributed by atoms with Gasteiger partial charge in [0.1, 0.15) is 5.75 Å². The highest BCUT2D eigenvalue weighted by Crippen LogP contribution is 2.19. The number of carboxylic acids is 1. The van der Waals surface area contributed by atoms with Crippen LogP contribution in [0.4, 0.5) is 0 Å². The Balaban J connectivity index is 1.89. The summed E-state index contributed by atoms with van der Waals surface area (Å²) in [4.78, 5) is 26.8. The van der Waals surface area contributed by atoms with Crippen molar-refractivity contribution >= 4 is 11.9 Å². The highest BCUT2D eigenvalue weighted by molar-refractivity contribution is 5.78. The average molecular weight is 306 g/mol. The van der Waals surface area contributed by atoms with Gasteiger partial charge in [0.05, 0.1) is 19.6 Å². The summed E-state index contributed by atoms with van der Waals surface area (Å²) in [5, 5.41) is 8.99. The van der Waals surface area contributed by atoms with E-state index in [1.165, 1.54) is 0 Å². The molecule has 1 amide bonds. The second-order valence-corrected chi connectivity index (χ2v) is 5.62. The van der Waals surface area contributed by atoms with E-state index in [2.05, 4.69) is 0 Å². The van der Waals surface area contributed by atoms with Crippen LogP contribution in [-0.4, -0.2) is 60.6 Å². The smallest absolute Gasteiger partial charge is 0.307 e. The molecule has 0 aromatic heterocycles. The molecule has 0 radical (unpaired) electrons. The van der Waals surface area contributed by atoms with Crippen molar-refractivity contribution < 1.29 is 19.4 Å². The van der Waals surface area contributed by atoms with Gasteiger partial charge in [-0.25, -0.2) is 0 Å². The van der Waals surface area contributed by atoms with Crippen molar-refractivity contribution in [3.05, 3.63) is 29.8 Å². The molecule has 1 N–H and O–H groups in total. The van der Waals surface area contributed by atoms with Crippen molar-refractivity contribution in [2.75, 3.05) is 33.8 Å². The zero-order chi connectivity index (χ0) is 16.1. The number of carbonyl (C=O) groups excluding carboxylic acids is 1. The summed E-state index contributed by atoms with van der Waals surface area (Å²) in [6.07, 6.45) is 0.610. The molecule has 6 heteroatoms. The average Bonchev–Trinajstić information content (AvgIpc) is 2.96. The minimum absolute atomic E-state index is 0.0167. The number of nitrogens with zero attached hydrogens (tertiary/aromatic N) is 2. The fourth-order valence-electron chi connectivity index (χ4n) is 2.67. The molecule has 1 aromatic rings. The van der Waals surface area contributed by atoms with Gasteiger partial charge in [-0.15, -0.1) is 0 Å². The van der Waals surface area contributed by atoms with Crippen molar-refractivity contribution in [2.45, 2.75) is 13.0 Å². The van der Waals surface area contributed by atoms with Crippen LogP contribution in [-0.2, 0) is 16.1 Å². The van der Waals surface area contributed by atoms with Crippen molar-refractivity contribution in [1.29, 1.82) is 0 Å². The van der Waals surface area contributed by atoms with E-state index >= 15 is 0 Å². The van der Waals surface area contributed by atoms with Crippen molar-refractivity contribution in [2.24, 2.45) is 5.92 Å². The topological polar surface area (TPSA) is 70.1 Å². The predicted octanol–water partition coefficient (Wildman–Crippen LogP) is 1.06. The Hall–Kier alpha value is -2.08. The lowest BCUT2D eigenvalue weighted by Gasteiger charge is -2.22. The van der Waals surface area contributed by atoms with Gasteiger partial charge >= 0.3 is 5.97 Å². The molecule has 1 fully saturated rings. The fourth-order valence-corrected chi connectivity index (χ4v) is 2.67. The number of hydrogen-bond donors (Lipinski definition) is 1. The molecule has 2 rings (SSSR count). The third kappa shape index (κ3) is 3.98. The Morgan fingerprint density at radius 3 is 2.77 bits per heavy atom. The molecule has 1 aliphatic heterocycles. The highest BCUT2D eigenvalue weighted by atomic mass is 16.5. The maximum atomic E-state index is 12.3. The lowest BCUT2D eigenvalue weighted by atomic mass is 10.1. The molecule has 1 heterocycles. The van der Waals surface area contributed by atoms with E-state index in [9.17, 15) is 9.59 Å². The van der Waals surface area contributed by atoms with Gasteiger partial charge in [-0.3, -0.25) is 14.5 Å². The van der Waals surface area contributed by atoms with Gasteiger partial charge in [0.2, 0.25) is 5.91 Å². The predicted molar refractivity (Wildman–Crippen MR) is 81.7 cm³/mol. The standard InChI is InChI=1S/C16H22N2O4/c1-17(9-12-5-3-4-6-14(12)22-2)15(19)11-18-8-7-13(10-18)16(20)21/h3-6,13H,7-11H2,1-2H3,(H,20,21). The third-order valence-corrected chi connectivity index (χ3v) is 4.01. The Bertz CT molecular complexity index is 547. The molecule has 1 aromatic carbocycles. The van der Waals surface area contributed by atoms with Crippen LogP contribution in [0.2, 0.25) is 0 Å². The Morgan fingerprint density at radius 1 is 1.41 bits per heavy atom. The number of carbonyl (C=O) groups is 2. The van der Waals surface area contributed by atoms with Crippen LogP contribution in [0.1, 0.15) is 12.0 Å². The minimum atomic E-state index is -0.780. The second-order valence-electron chi connectivity index (χ2n) is 5.62. The first-order chi connectivity index (χ1) is 10.5. The Morgan fingerprint density at radius 2 is 2.14 bits per heavy atom. The monoisotopic (exact) mass is 306 g/mol. The van der Waals surface area contributed by atoms with E-state index in [0.29, 0.717) is 26.1 Å². The first-order valence-corrected chi connectivity index (χ1v) is 7.32. The summed E-state index contributed by atoms with van der Waals surface area (Å²) in [6.45, 7) is 1.84. The summed E-state index contributed by atoms with van der Waals surface area (Å²) in [6, 6.07) is 7.60. The van der Waals surface area contributed by atoms with Crippen LogP contribution in [0.5, 0.6) is 5.75 Å². The largest absolute Gasteiger partial charge is 0.496 e. The van der Waals surface area contributed by atoms with Gasteiger partial charge in [0, 0.05) is 25.7 Å². The molecule has 120 valence electrons. The molecule has 1 atom stereocenters. The van der Waals surface area contributed by atoms with Crippen LogP contribution in [0.15, 0.2) is 24.3 Å². The number of benzene rings is 1. The Kier molecular flexibility index (Phi) is 5.38. The van der Waals surface area contributed by atoms with Crippen LogP contribution >= 0.6 is 0 Å². The summed E-state index contributed by atoms with van der Waals surface area (Å²) < 4.78 is 5.29. The highest BCUT2D eigenvalue weighted by Gasteiger charge is 2.29. The van der Waals surface area contributed by atoms with Crippen molar-refractivity contribution in [3.63, 3.8) is 0 Å². The molecule has 0 saturated carbocycles. The number of aliphatic carboxylic acids is 1. The number of ether oxygens (including phenoxy) is 1. The quantitative estimate of drug-likeness (QED) is 0.851. The zero-order valence-corrected chi connectivity index (χ0v) is 13.0. The van der Waals surface area contributed by atoms with Gasteiger partial charge in [-0.2, -0.15) is 0 Å². The van der Waals surface area contributed by atoms with Gasteiger partial charge in [0.15, 0.2) is 0 Å². The molecule has 6 nitrogen and oxygen atoms in total. The van der Waals surface area contributed by atoms with Gasteiger partial charge in [0.25, 0.3) is 0 Å². The summed E-state index contributed by atoms with van der Waals surface area (Å²) in [5.41, 5.74) is 0.950. The van der Waals surface area contributed by atoms with Gasteiger partial charge < -0.3 is 14.7 Å². The summed E-state index contributed by atoms with van der Waals surface area (Å²) >= 11 is 0. The molecular weight excluding hydrogens is 284 g/mol. The zero-order valence-electron chi connectivity index (χ0n) is 13.0. The molecule has 1 unspecified atom stereocenters. The molecule has 1 aliphatic rings. The van der Waals surface area contributed by atoms with Crippen molar-refractivity contribution in [1.82, 2.24) is 9.80 Å². The summed E-state index contributed by atoms with van der Waals surface area (Å²) in [7, 11) is 3.36. The summed E-state index contributed by atoms with van der Waals surface area (Å²) in [5.74, 6) is -0.393. The molecule has 0 bridgehead atoms. The number of methoxy groups -OCH3 is 1. The van der Waals surface area contributed by atoms with Gasteiger partial charge in [-0.1, -0.05) is 18.2 Å². The first kappa shape index (κ1) is 16.3. The normalized spacial score (nSPS) is 18.2. The first-order valence-electron chi connectivity index (χ1n) is 7.32. The number of likely N-dealkylation sites (N-methyl/N-ethyl adjacent to an activating group) is 1. The SMILES string of the molecule is COc1ccccc1CN(C)C(=O)CN1CCC(C(=O)O)C1. The number of rotatable bonds is 6. The number of para-hydroxylation sites is 1. The van der Waals surface area contributed by atoms with E-state index in [1.807, 2.05) is 29.2 Å². The fraction of sp³-hybridized carbons (Fsp3) is 0.500. The number of carboxylic acid groups (broad SMARTS) is 1. The second kappa shape index (κ2) is 7.26. The van der Waals surface area contributed by atoms with E-state index in [1.54, 1.807) is 19.1 Å². The van der Waals surface area contributed by atoms with Crippen LogP contribution < -0.4 is 4.74 Å². The molecule has 0 spiro atoms. The van der Waals surface area contributed by atoms with E-state index in [0.717, 1.165) is 11.3 Å². The molecule has 0 aliphatic carbocycles. The maximum Gasteiger partial charge on any atom is 0.307 e. The number of hydrogen-bond acceptors (Lipinski definition) is 4. The van der Waals surface area contributed by atoms with E-state index in [4.69, 9.17) is 9.84 Å². The minimum Gasteiger partial charge on any atom is -0.496 e. The number of likely N-dealkylation sites (tertiary alicyclic amines) is 1. The van der Waals surface area contributed by atoms with E-state index in [-0.39, 0.29) is 18.4 Å². The van der Waals surface area contributed by atoms with Crippen LogP contribution in [0, 0.1) is 5.92 Å². The van der Waals surface area contributed by atoms with Crippen LogP contribution in [0.3, 0.4) is 0 Å². The Labute approximate surface area is 130 Å². The lowest BCUT2D eigenvalue weighted by molar-refractivity contribution is -0.141. The van der Waals surface area contributed by atoms with E-state index < -0.39 is 5.97 Å². The lowest BCUT2D eigenvalue weighted by Crippen LogP contribution is -2.37. The number of amides is 1. The van der Waals surface area contributed by atoms with Crippen LogP contribution in [0.25, 0.3) is 0 Å². The maximum absolute atomic E-state index is 12.3. The molecule has 1 saturated heterocycles.